The summed E-state index contributed by atoms with van der Waals surface area (Å²) in [7, 11) is 3.45. The van der Waals surface area contributed by atoms with Crippen LogP contribution in [0.15, 0.2) is 12.1 Å². The second-order valence-corrected chi connectivity index (χ2v) is 5.23. The molecule has 1 aromatic heterocycles. The Labute approximate surface area is 127 Å². The van der Waals surface area contributed by atoms with Crippen molar-refractivity contribution >= 4 is 11.7 Å². The van der Waals surface area contributed by atoms with Crippen molar-refractivity contribution < 1.29 is 9.53 Å². The first kappa shape index (κ1) is 17.4. The number of rotatable bonds is 8. The molecule has 118 valence electrons. The molecule has 1 aromatic rings. The molecule has 0 aliphatic heterocycles. The van der Waals surface area contributed by atoms with Gasteiger partial charge >= 0.3 is 0 Å². The van der Waals surface area contributed by atoms with Crippen LogP contribution in [0.2, 0.25) is 0 Å². The third-order valence-electron chi connectivity index (χ3n) is 3.38. The van der Waals surface area contributed by atoms with Gasteiger partial charge in [-0.25, -0.2) is 4.98 Å². The van der Waals surface area contributed by atoms with E-state index in [0.29, 0.717) is 12.2 Å². The van der Waals surface area contributed by atoms with Crippen LogP contribution < -0.4 is 5.32 Å². The maximum absolute atomic E-state index is 12.6. The zero-order valence-corrected chi connectivity index (χ0v) is 13.8. The van der Waals surface area contributed by atoms with Crippen LogP contribution in [-0.2, 0) is 11.2 Å². The number of aryl methyl sites for hydroxylation is 1. The molecule has 0 radical (unpaired) electrons. The quantitative estimate of drug-likeness (QED) is 0.800. The molecule has 1 N–H and O–H groups in total. The Bertz CT molecular complexity index is 439. The third kappa shape index (κ3) is 5.01. The molecule has 0 spiro atoms. The van der Waals surface area contributed by atoms with E-state index >= 15 is 0 Å². The van der Waals surface area contributed by atoms with E-state index in [2.05, 4.69) is 17.2 Å². The maximum Gasteiger partial charge on any atom is 0.254 e. The molecule has 0 bridgehead atoms. The van der Waals surface area contributed by atoms with Crippen molar-refractivity contribution in [1.82, 2.24) is 9.88 Å². The molecule has 0 saturated carbocycles. The van der Waals surface area contributed by atoms with Crippen LogP contribution in [-0.4, -0.2) is 49.1 Å². The number of carbonyl (C=O) groups is 1. The van der Waals surface area contributed by atoms with Crippen LogP contribution in [0.4, 0.5) is 5.82 Å². The number of likely N-dealkylation sites (N-methyl/N-ethyl adjacent to an activating group) is 1. The van der Waals surface area contributed by atoms with E-state index in [9.17, 15) is 4.79 Å². The highest BCUT2D eigenvalue weighted by Crippen LogP contribution is 2.15. The van der Waals surface area contributed by atoms with Crippen molar-refractivity contribution in [1.29, 1.82) is 0 Å². The highest BCUT2D eigenvalue weighted by molar-refractivity contribution is 5.95. The van der Waals surface area contributed by atoms with Crippen LogP contribution in [0.3, 0.4) is 0 Å². The Morgan fingerprint density at radius 3 is 2.71 bits per heavy atom. The van der Waals surface area contributed by atoms with Gasteiger partial charge < -0.3 is 15.0 Å². The summed E-state index contributed by atoms with van der Waals surface area (Å²) in [6.07, 6.45) is 1.88. The number of aromatic nitrogens is 1. The molecule has 1 amide bonds. The molecule has 1 atom stereocenters. The molecular formula is C16H27N3O2. The number of nitrogens with one attached hydrogen (secondary N) is 1. The number of hydrogen-bond donors (Lipinski definition) is 1. The second-order valence-electron chi connectivity index (χ2n) is 5.23. The highest BCUT2D eigenvalue weighted by Gasteiger charge is 2.18. The van der Waals surface area contributed by atoms with Gasteiger partial charge in [0.05, 0.1) is 12.6 Å². The molecule has 1 rings (SSSR count). The molecule has 21 heavy (non-hydrogen) atoms. The number of amides is 1. The van der Waals surface area contributed by atoms with Crippen molar-refractivity contribution in [3.8, 4) is 0 Å². The van der Waals surface area contributed by atoms with Crippen LogP contribution in [0.5, 0.6) is 0 Å². The zero-order valence-electron chi connectivity index (χ0n) is 13.8. The van der Waals surface area contributed by atoms with Crippen molar-refractivity contribution in [2.45, 2.75) is 39.7 Å². The van der Waals surface area contributed by atoms with Gasteiger partial charge in [-0.3, -0.25) is 4.79 Å². The zero-order chi connectivity index (χ0) is 15.8. The lowest BCUT2D eigenvalue weighted by Crippen LogP contribution is -2.37. The highest BCUT2D eigenvalue weighted by atomic mass is 16.5. The first-order valence-electron chi connectivity index (χ1n) is 7.54. The number of methoxy groups -OCH3 is 1. The largest absolute Gasteiger partial charge is 0.383 e. The van der Waals surface area contributed by atoms with Gasteiger partial charge in [0.2, 0.25) is 0 Å². The predicted octanol–water partition coefficient (Wildman–Crippen LogP) is 2.57. The van der Waals surface area contributed by atoms with Crippen LogP contribution in [0.25, 0.3) is 0 Å². The summed E-state index contributed by atoms with van der Waals surface area (Å²) in [5.74, 6) is 0.762. The van der Waals surface area contributed by atoms with Gasteiger partial charge in [-0.1, -0.05) is 13.3 Å². The Balaban J connectivity index is 3.01. The monoisotopic (exact) mass is 293 g/mol. The normalized spacial score (nSPS) is 12.0. The summed E-state index contributed by atoms with van der Waals surface area (Å²) in [6, 6.07) is 3.75. The minimum atomic E-state index is -0.00143. The maximum atomic E-state index is 12.6. The van der Waals surface area contributed by atoms with Gasteiger partial charge in [0.25, 0.3) is 5.91 Å². The molecule has 5 nitrogen and oxygen atoms in total. The predicted molar refractivity (Wildman–Crippen MR) is 85.8 cm³/mol. The van der Waals surface area contributed by atoms with Crippen molar-refractivity contribution in [3.05, 3.63) is 23.4 Å². The second kappa shape index (κ2) is 8.62. The number of nitrogens with zero attached hydrogens (tertiary/aromatic N) is 2. The summed E-state index contributed by atoms with van der Waals surface area (Å²) in [5.41, 5.74) is 1.63. The third-order valence-corrected chi connectivity index (χ3v) is 3.38. The molecule has 0 saturated heterocycles. The Morgan fingerprint density at radius 2 is 2.14 bits per heavy atom. The van der Waals surface area contributed by atoms with Crippen LogP contribution in [0, 0.1) is 0 Å². The van der Waals surface area contributed by atoms with E-state index in [4.69, 9.17) is 4.74 Å². The lowest BCUT2D eigenvalue weighted by Gasteiger charge is -2.24. The molecule has 0 aliphatic carbocycles. The van der Waals surface area contributed by atoms with Gasteiger partial charge in [0.1, 0.15) is 5.82 Å². The summed E-state index contributed by atoms with van der Waals surface area (Å²) in [6.45, 7) is 7.40. The van der Waals surface area contributed by atoms with E-state index in [1.165, 1.54) is 0 Å². The van der Waals surface area contributed by atoms with Crippen LogP contribution >= 0.6 is 0 Å². The molecular weight excluding hydrogens is 266 g/mol. The number of hydrogen-bond acceptors (Lipinski definition) is 4. The van der Waals surface area contributed by atoms with Gasteiger partial charge in [0, 0.05) is 32.0 Å². The fourth-order valence-corrected chi connectivity index (χ4v) is 2.12. The average Bonchev–Trinajstić information content (AvgIpc) is 2.46. The van der Waals surface area contributed by atoms with Gasteiger partial charge in [-0.15, -0.1) is 0 Å². The van der Waals surface area contributed by atoms with E-state index in [0.717, 1.165) is 30.9 Å². The summed E-state index contributed by atoms with van der Waals surface area (Å²) >= 11 is 0. The molecule has 1 heterocycles. The fraction of sp³-hybridized carbons (Fsp3) is 0.625. The molecule has 0 fully saturated rings. The first-order valence-corrected chi connectivity index (χ1v) is 7.54. The lowest BCUT2D eigenvalue weighted by molar-refractivity contribution is 0.0633. The minimum absolute atomic E-state index is 0.00143. The number of carbonyl (C=O) groups excluding carboxylic acids is 1. The fourth-order valence-electron chi connectivity index (χ4n) is 2.12. The average molecular weight is 293 g/mol. The van der Waals surface area contributed by atoms with Crippen molar-refractivity contribution in [2.75, 3.05) is 32.6 Å². The SMILES string of the molecule is CCCc1cc(C(=O)N(C)C(C)COC)cc(NCC)n1. The van der Waals surface area contributed by atoms with E-state index in [1.807, 2.05) is 26.0 Å². The number of anilines is 1. The number of ether oxygens (including phenoxy) is 1. The van der Waals surface area contributed by atoms with Gasteiger partial charge in [0.15, 0.2) is 0 Å². The van der Waals surface area contributed by atoms with Crippen LogP contribution in [0.1, 0.15) is 43.2 Å². The van der Waals surface area contributed by atoms with E-state index < -0.39 is 0 Å². The summed E-state index contributed by atoms with van der Waals surface area (Å²) < 4.78 is 5.12. The summed E-state index contributed by atoms with van der Waals surface area (Å²) in [5, 5.41) is 3.19. The Kier molecular flexibility index (Phi) is 7.15. The van der Waals surface area contributed by atoms with E-state index in [-0.39, 0.29) is 11.9 Å². The minimum Gasteiger partial charge on any atom is -0.383 e. The van der Waals surface area contributed by atoms with Gasteiger partial charge in [-0.05, 0) is 32.4 Å². The molecule has 1 unspecified atom stereocenters. The Morgan fingerprint density at radius 1 is 1.43 bits per heavy atom. The smallest absolute Gasteiger partial charge is 0.254 e. The first-order chi connectivity index (χ1) is 10.0. The van der Waals surface area contributed by atoms with Gasteiger partial charge in [-0.2, -0.15) is 0 Å². The molecule has 0 aliphatic rings. The topological polar surface area (TPSA) is 54.5 Å². The summed E-state index contributed by atoms with van der Waals surface area (Å²) in [4.78, 5) is 18.8. The van der Waals surface area contributed by atoms with Crippen molar-refractivity contribution in [2.24, 2.45) is 0 Å². The molecule has 5 heteroatoms. The molecule has 0 aromatic carbocycles. The number of pyridine rings is 1. The Hall–Kier alpha value is -1.62. The van der Waals surface area contributed by atoms with Crippen molar-refractivity contribution in [3.63, 3.8) is 0 Å². The lowest BCUT2D eigenvalue weighted by atomic mass is 10.1. The van der Waals surface area contributed by atoms with E-state index in [1.54, 1.807) is 19.1 Å². The standard InChI is InChI=1S/C16H27N3O2/c1-6-8-14-9-13(10-15(18-14)17-7-2)16(20)19(4)12(3)11-21-5/h9-10,12H,6-8,11H2,1-5H3,(H,17,18).